The predicted molar refractivity (Wildman–Crippen MR) is 116 cm³/mol. The number of benzene rings is 3. The molecule has 0 aliphatic heterocycles. The first kappa shape index (κ1) is 23.8. The van der Waals surface area contributed by atoms with E-state index in [9.17, 15) is 22.0 Å². The first-order chi connectivity index (χ1) is 15.5. The fourth-order valence-electron chi connectivity index (χ4n) is 3.62. The fraction of sp³-hybridized carbons (Fsp3) is 0.308. The van der Waals surface area contributed by atoms with Gasteiger partial charge in [0.25, 0.3) is 0 Å². The lowest BCUT2D eigenvalue weighted by Gasteiger charge is -2.16. The van der Waals surface area contributed by atoms with E-state index in [0.717, 1.165) is 31.7 Å². The molecule has 32 heavy (non-hydrogen) atoms. The summed E-state index contributed by atoms with van der Waals surface area (Å²) in [5.74, 6) is -7.85. The molecule has 0 saturated heterocycles. The lowest BCUT2D eigenvalue weighted by Crippen LogP contribution is -2.05. The molecule has 0 atom stereocenters. The summed E-state index contributed by atoms with van der Waals surface area (Å²) >= 11 is 0. The van der Waals surface area contributed by atoms with Crippen molar-refractivity contribution in [3.8, 4) is 28.0 Å². The zero-order chi connectivity index (χ0) is 23.1. The van der Waals surface area contributed by atoms with Crippen molar-refractivity contribution in [2.24, 2.45) is 0 Å². The number of rotatable bonds is 10. The highest BCUT2D eigenvalue weighted by atomic mass is 19.2. The van der Waals surface area contributed by atoms with Crippen molar-refractivity contribution in [1.82, 2.24) is 0 Å². The lowest BCUT2D eigenvalue weighted by atomic mass is 9.92. The van der Waals surface area contributed by atoms with Crippen molar-refractivity contribution >= 4 is 0 Å². The Kier molecular flexibility index (Phi) is 8.26. The lowest BCUT2D eigenvalue weighted by molar-refractivity contribution is 0.303. The molecule has 0 N–H and O–H groups in total. The smallest absolute Gasteiger partial charge is 0.198 e. The molecule has 0 bridgehead atoms. The van der Waals surface area contributed by atoms with Crippen molar-refractivity contribution < 1.29 is 26.7 Å². The summed E-state index contributed by atoms with van der Waals surface area (Å²) < 4.78 is 77.9. The molecule has 3 rings (SSSR count). The predicted octanol–water partition coefficient (Wildman–Crippen LogP) is 8.46. The summed E-state index contributed by atoms with van der Waals surface area (Å²) in [6.07, 6.45) is 6.44. The van der Waals surface area contributed by atoms with Crippen LogP contribution >= 0.6 is 0 Å². The molecule has 0 saturated carbocycles. The molecule has 0 spiro atoms. The summed E-state index contributed by atoms with van der Waals surface area (Å²) in [6.45, 7) is 2.54. The van der Waals surface area contributed by atoms with Crippen LogP contribution in [-0.4, -0.2) is 6.61 Å². The number of unbranched alkanes of at least 4 members (excludes halogenated alkanes) is 5. The Balaban J connectivity index is 1.88. The largest absolute Gasteiger partial charge is 0.493 e. The molecule has 1 nitrogen and oxygen atoms in total. The summed E-state index contributed by atoms with van der Waals surface area (Å²) in [5.41, 5.74) is -1.50. The molecule has 0 aliphatic rings. The molecule has 0 radical (unpaired) electrons. The average molecular weight is 448 g/mol. The first-order valence-corrected chi connectivity index (χ1v) is 10.8. The number of halogens is 5. The molecule has 0 unspecified atom stereocenters. The van der Waals surface area contributed by atoms with E-state index in [1.165, 1.54) is 49.2 Å². The standard InChI is InChI=1S/C26H25F5O/c1-2-3-4-5-6-10-15-32-18-13-14-19(20(27)16-18)22-21(17-11-8-7-9-12-17)23(28)25(30)26(31)24(22)29/h7-9,11-14,16H,2-6,10,15H2,1H3. The molecule has 3 aromatic rings. The SMILES string of the molecule is CCCCCCCCOc1ccc(-c2c(F)c(F)c(F)c(F)c2-c2ccccc2)c(F)c1. The third-order valence-electron chi connectivity index (χ3n) is 5.31. The fourth-order valence-corrected chi connectivity index (χ4v) is 3.62. The van der Waals surface area contributed by atoms with E-state index in [2.05, 4.69) is 6.92 Å². The van der Waals surface area contributed by atoms with Gasteiger partial charge in [-0.05, 0) is 24.1 Å². The minimum Gasteiger partial charge on any atom is -0.493 e. The van der Waals surface area contributed by atoms with Gasteiger partial charge in [0.1, 0.15) is 11.6 Å². The van der Waals surface area contributed by atoms with Gasteiger partial charge in [-0.25, -0.2) is 22.0 Å². The second-order valence-corrected chi connectivity index (χ2v) is 7.63. The van der Waals surface area contributed by atoms with Crippen molar-refractivity contribution in [2.45, 2.75) is 45.4 Å². The van der Waals surface area contributed by atoms with Crippen molar-refractivity contribution in [2.75, 3.05) is 6.61 Å². The van der Waals surface area contributed by atoms with Crippen molar-refractivity contribution in [3.63, 3.8) is 0 Å². The molecule has 6 heteroatoms. The van der Waals surface area contributed by atoms with E-state index in [1.807, 2.05) is 0 Å². The van der Waals surface area contributed by atoms with Gasteiger partial charge >= 0.3 is 0 Å². The van der Waals surface area contributed by atoms with Gasteiger partial charge in [0, 0.05) is 22.8 Å². The van der Waals surface area contributed by atoms with Crippen LogP contribution in [0.25, 0.3) is 22.3 Å². The molecular formula is C26H25F5O. The second-order valence-electron chi connectivity index (χ2n) is 7.63. The molecule has 0 heterocycles. The van der Waals surface area contributed by atoms with E-state index in [4.69, 9.17) is 4.74 Å². The van der Waals surface area contributed by atoms with E-state index in [-0.39, 0.29) is 16.9 Å². The van der Waals surface area contributed by atoms with Crippen LogP contribution in [0, 0.1) is 29.1 Å². The van der Waals surface area contributed by atoms with Gasteiger partial charge in [0.2, 0.25) is 0 Å². The van der Waals surface area contributed by atoms with Crippen LogP contribution in [-0.2, 0) is 0 Å². The van der Waals surface area contributed by atoms with E-state index in [1.54, 1.807) is 6.07 Å². The molecule has 0 amide bonds. The van der Waals surface area contributed by atoms with E-state index in [0.29, 0.717) is 6.61 Å². The Morgan fingerprint density at radius 1 is 0.656 bits per heavy atom. The quantitative estimate of drug-likeness (QED) is 0.131. The second kappa shape index (κ2) is 11.1. The van der Waals surface area contributed by atoms with Gasteiger partial charge in [-0.1, -0.05) is 69.4 Å². The zero-order valence-electron chi connectivity index (χ0n) is 17.9. The molecular weight excluding hydrogens is 423 g/mol. The summed E-state index contributed by atoms with van der Waals surface area (Å²) in [6, 6.07) is 11.2. The Morgan fingerprint density at radius 2 is 1.28 bits per heavy atom. The maximum absolute atomic E-state index is 14.9. The minimum atomic E-state index is -1.99. The van der Waals surface area contributed by atoms with Gasteiger partial charge < -0.3 is 4.74 Å². The number of ether oxygens (including phenoxy) is 1. The average Bonchev–Trinajstić information content (AvgIpc) is 2.80. The Labute approximate surface area is 184 Å². The summed E-state index contributed by atoms with van der Waals surface area (Å²) in [4.78, 5) is 0. The third kappa shape index (κ3) is 5.29. The van der Waals surface area contributed by atoms with Gasteiger partial charge in [0.15, 0.2) is 23.3 Å². The van der Waals surface area contributed by atoms with Crippen molar-refractivity contribution in [3.05, 3.63) is 77.6 Å². The highest BCUT2D eigenvalue weighted by molar-refractivity contribution is 5.85. The van der Waals surface area contributed by atoms with Gasteiger partial charge in [-0.2, -0.15) is 0 Å². The molecule has 0 aliphatic carbocycles. The van der Waals surface area contributed by atoms with Crippen LogP contribution in [0.3, 0.4) is 0 Å². The third-order valence-corrected chi connectivity index (χ3v) is 5.31. The van der Waals surface area contributed by atoms with Crippen LogP contribution < -0.4 is 4.74 Å². The van der Waals surface area contributed by atoms with E-state index >= 15 is 0 Å². The minimum absolute atomic E-state index is 0.0978. The summed E-state index contributed by atoms with van der Waals surface area (Å²) in [7, 11) is 0. The first-order valence-electron chi connectivity index (χ1n) is 10.8. The Hall–Kier alpha value is -2.89. The monoisotopic (exact) mass is 448 g/mol. The number of hydrogen-bond donors (Lipinski definition) is 0. The van der Waals surface area contributed by atoms with Crippen LogP contribution in [0.4, 0.5) is 22.0 Å². The van der Waals surface area contributed by atoms with Gasteiger partial charge in [-0.15, -0.1) is 0 Å². The molecule has 0 fully saturated rings. The maximum atomic E-state index is 14.9. The molecule has 0 aromatic heterocycles. The van der Waals surface area contributed by atoms with E-state index < -0.39 is 40.2 Å². The van der Waals surface area contributed by atoms with Gasteiger partial charge in [0.05, 0.1) is 6.61 Å². The Morgan fingerprint density at radius 3 is 1.94 bits per heavy atom. The van der Waals surface area contributed by atoms with Crippen LogP contribution in [0.15, 0.2) is 48.5 Å². The van der Waals surface area contributed by atoms with Crippen LogP contribution in [0.2, 0.25) is 0 Å². The van der Waals surface area contributed by atoms with Crippen LogP contribution in [0.1, 0.15) is 45.4 Å². The summed E-state index contributed by atoms with van der Waals surface area (Å²) in [5, 5.41) is 0. The van der Waals surface area contributed by atoms with Crippen LogP contribution in [0.5, 0.6) is 5.75 Å². The topological polar surface area (TPSA) is 9.23 Å². The maximum Gasteiger partial charge on any atom is 0.198 e. The van der Waals surface area contributed by atoms with Crippen molar-refractivity contribution in [1.29, 1.82) is 0 Å². The highest BCUT2D eigenvalue weighted by Gasteiger charge is 2.28. The zero-order valence-corrected chi connectivity index (χ0v) is 17.9. The Bertz CT molecular complexity index is 1050. The molecule has 170 valence electrons. The highest BCUT2D eigenvalue weighted by Crippen LogP contribution is 2.40. The number of hydrogen-bond acceptors (Lipinski definition) is 1. The normalized spacial score (nSPS) is 11.1. The van der Waals surface area contributed by atoms with Gasteiger partial charge in [-0.3, -0.25) is 0 Å². The molecule has 3 aromatic carbocycles.